The number of hydrogen-bond donors (Lipinski definition) is 1. The van der Waals surface area contributed by atoms with Gasteiger partial charge in [-0.1, -0.05) is 24.3 Å². The molecule has 84 valence electrons. The van der Waals surface area contributed by atoms with Crippen molar-refractivity contribution in [3.63, 3.8) is 0 Å². The molecule has 0 saturated heterocycles. The molecule has 0 fully saturated rings. The summed E-state index contributed by atoms with van der Waals surface area (Å²) in [7, 11) is 0. The molecule has 0 aliphatic rings. The van der Waals surface area contributed by atoms with E-state index in [4.69, 9.17) is 0 Å². The molecule has 5 nitrogen and oxygen atoms in total. The summed E-state index contributed by atoms with van der Waals surface area (Å²) in [5.41, 5.74) is 0.953. The van der Waals surface area contributed by atoms with E-state index in [-0.39, 0.29) is 5.78 Å². The molecule has 5 heteroatoms. The van der Waals surface area contributed by atoms with Crippen molar-refractivity contribution in [2.45, 2.75) is 20.3 Å². The number of allylic oxidation sites excluding steroid dienone is 5. The van der Waals surface area contributed by atoms with Gasteiger partial charge in [-0.2, -0.15) is 5.21 Å². The smallest absolute Gasteiger partial charge is 0.197 e. The molecule has 0 aliphatic heterocycles. The van der Waals surface area contributed by atoms with Gasteiger partial charge in [-0.05, 0) is 30.7 Å². The number of carbonyl (C=O) groups excluding carboxylic acids is 1. The Balaban J connectivity index is 2.67. The van der Waals surface area contributed by atoms with E-state index >= 15 is 0 Å². The predicted molar refractivity (Wildman–Crippen MR) is 61.4 cm³/mol. The van der Waals surface area contributed by atoms with Crippen molar-refractivity contribution < 1.29 is 4.79 Å². The van der Waals surface area contributed by atoms with Gasteiger partial charge in [-0.3, -0.25) is 4.79 Å². The Hall–Kier alpha value is -2.04. The van der Waals surface area contributed by atoms with Gasteiger partial charge in [-0.25, -0.2) is 0 Å². The third-order valence-corrected chi connectivity index (χ3v) is 1.75. The maximum atomic E-state index is 11.0. The van der Waals surface area contributed by atoms with Crippen LogP contribution < -0.4 is 0 Å². The zero-order valence-corrected chi connectivity index (χ0v) is 9.34. The fourth-order valence-corrected chi connectivity index (χ4v) is 1.17. The lowest BCUT2D eigenvalue weighted by Crippen LogP contribution is -1.90. The summed E-state index contributed by atoms with van der Waals surface area (Å²) in [6.07, 6.45) is 9.61. The third kappa shape index (κ3) is 4.45. The summed E-state index contributed by atoms with van der Waals surface area (Å²) in [6.45, 7) is 3.48. The Bertz CT molecular complexity index is 415. The zero-order chi connectivity index (χ0) is 11.8. The van der Waals surface area contributed by atoms with E-state index in [0.29, 0.717) is 12.2 Å². The van der Waals surface area contributed by atoms with Crippen LogP contribution in [-0.2, 0) is 4.79 Å². The van der Waals surface area contributed by atoms with Crippen LogP contribution in [0.15, 0.2) is 29.9 Å². The number of hydrogen-bond acceptors (Lipinski definition) is 4. The first-order chi connectivity index (χ1) is 7.72. The highest BCUT2D eigenvalue weighted by molar-refractivity contribution is 5.78. The van der Waals surface area contributed by atoms with E-state index in [1.807, 2.05) is 25.2 Å². The van der Waals surface area contributed by atoms with Crippen LogP contribution >= 0.6 is 0 Å². The maximum absolute atomic E-state index is 11.0. The normalized spacial score (nSPS) is 12.8. The minimum absolute atomic E-state index is 0.136. The number of nitrogens with zero attached hydrogens (tertiary/aromatic N) is 3. The Morgan fingerprint density at radius 1 is 1.50 bits per heavy atom. The topological polar surface area (TPSA) is 71.5 Å². The van der Waals surface area contributed by atoms with Crippen LogP contribution in [0.2, 0.25) is 0 Å². The Morgan fingerprint density at radius 2 is 2.31 bits per heavy atom. The lowest BCUT2D eigenvalue weighted by Gasteiger charge is -1.95. The van der Waals surface area contributed by atoms with Gasteiger partial charge in [0.05, 0.1) is 0 Å². The Labute approximate surface area is 93.9 Å². The number of H-pyrrole nitrogens is 1. The molecule has 0 unspecified atom stereocenters. The highest BCUT2D eigenvalue weighted by Gasteiger charge is 1.96. The van der Waals surface area contributed by atoms with Gasteiger partial charge < -0.3 is 0 Å². The largest absolute Gasteiger partial charge is 0.300 e. The summed E-state index contributed by atoms with van der Waals surface area (Å²) in [4.78, 5) is 11.0. The highest BCUT2D eigenvalue weighted by atomic mass is 16.1. The highest BCUT2D eigenvalue weighted by Crippen LogP contribution is 2.05. The molecule has 1 aromatic rings. The summed E-state index contributed by atoms with van der Waals surface area (Å²) in [6, 6.07) is 0. The second-order valence-electron chi connectivity index (χ2n) is 3.25. The fourth-order valence-electron chi connectivity index (χ4n) is 1.17. The molecule has 0 amide bonds. The molecule has 0 aromatic carbocycles. The molecule has 16 heavy (non-hydrogen) atoms. The van der Waals surface area contributed by atoms with Crippen LogP contribution in [0.25, 0.3) is 6.08 Å². The number of rotatable bonds is 5. The molecule has 0 radical (unpaired) electrons. The van der Waals surface area contributed by atoms with Crippen LogP contribution in [0.4, 0.5) is 0 Å². The number of Topliss-reactive ketones (excluding diaryl/α,β-unsaturated/α-hetero) is 1. The number of tetrazole rings is 1. The molecule has 0 aliphatic carbocycles. The van der Waals surface area contributed by atoms with Crippen LogP contribution in [-0.4, -0.2) is 26.4 Å². The molecule has 1 aromatic heterocycles. The van der Waals surface area contributed by atoms with E-state index in [0.717, 1.165) is 5.57 Å². The molecule has 0 bridgehead atoms. The minimum atomic E-state index is 0.136. The van der Waals surface area contributed by atoms with Crippen LogP contribution in [0.1, 0.15) is 26.1 Å². The first-order valence-electron chi connectivity index (χ1n) is 4.95. The number of nitrogens with one attached hydrogen (secondary N) is 1. The quantitative estimate of drug-likeness (QED) is 0.763. The SMILES string of the molecule is C\C=C/C(=C\C=C\c1nn[nH]n1)CC(C)=O. The molecule has 0 saturated carbocycles. The minimum Gasteiger partial charge on any atom is -0.300 e. The standard InChI is InChI=1S/C11H14N4O/c1-3-5-10(8-9(2)16)6-4-7-11-12-14-15-13-11/h3-7H,8H2,1-2H3,(H,12,13,14,15)/b5-3-,7-4+,10-6+. The first kappa shape index (κ1) is 12.0. The first-order valence-corrected chi connectivity index (χ1v) is 4.95. The fraction of sp³-hybridized carbons (Fsp3) is 0.273. The van der Waals surface area contributed by atoms with Crippen molar-refractivity contribution in [1.29, 1.82) is 0 Å². The molecule has 0 atom stereocenters. The van der Waals surface area contributed by atoms with Gasteiger partial charge in [0.25, 0.3) is 0 Å². The van der Waals surface area contributed by atoms with E-state index in [1.54, 1.807) is 19.1 Å². The second kappa shape index (κ2) is 6.44. The lowest BCUT2D eigenvalue weighted by atomic mass is 10.1. The molecule has 1 heterocycles. The van der Waals surface area contributed by atoms with E-state index in [9.17, 15) is 4.79 Å². The Kier molecular flexibility index (Phi) is 4.85. The summed E-state index contributed by atoms with van der Waals surface area (Å²) in [5, 5.41) is 13.3. The number of aromatic nitrogens is 4. The van der Waals surface area contributed by atoms with Crippen molar-refractivity contribution in [1.82, 2.24) is 20.6 Å². The van der Waals surface area contributed by atoms with Gasteiger partial charge in [0, 0.05) is 6.42 Å². The summed E-state index contributed by atoms with van der Waals surface area (Å²) in [5.74, 6) is 0.649. The second-order valence-corrected chi connectivity index (χ2v) is 3.25. The third-order valence-electron chi connectivity index (χ3n) is 1.75. The van der Waals surface area contributed by atoms with Crippen molar-refractivity contribution >= 4 is 11.9 Å². The molecular formula is C11H14N4O. The van der Waals surface area contributed by atoms with E-state index in [2.05, 4.69) is 20.6 Å². The number of aromatic amines is 1. The van der Waals surface area contributed by atoms with Crippen molar-refractivity contribution in [3.8, 4) is 0 Å². The van der Waals surface area contributed by atoms with Crippen molar-refractivity contribution in [2.75, 3.05) is 0 Å². The van der Waals surface area contributed by atoms with E-state index < -0.39 is 0 Å². The zero-order valence-electron chi connectivity index (χ0n) is 9.34. The van der Waals surface area contributed by atoms with Gasteiger partial charge in [0.1, 0.15) is 5.78 Å². The molecule has 0 spiro atoms. The van der Waals surface area contributed by atoms with Crippen LogP contribution in [0, 0.1) is 0 Å². The average Bonchev–Trinajstić information content (AvgIpc) is 2.70. The monoisotopic (exact) mass is 218 g/mol. The Morgan fingerprint density at radius 3 is 2.88 bits per heavy atom. The van der Waals surface area contributed by atoms with E-state index in [1.165, 1.54) is 0 Å². The maximum Gasteiger partial charge on any atom is 0.197 e. The summed E-state index contributed by atoms with van der Waals surface area (Å²) >= 11 is 0. The van der Waals surface area contributed by atoms with Crippen molar-refractivity contribution in [2.24, 2.45) is 0 Å². The molecule has 1 rings (SSSR count). The van der Waals surface area contributed by atoms with Gasteiger partial charge in [0.15, 0.2) is 5.82 Å². The van der Waals surface area contributed by atoms with Gasteiger partial charge in [-0.15, -0.1) is 10.2 Å². The van der Waals surface area contributed by atoms with Gasteiger partial charge >= 0.3 is 0 Å². The van der Waals surface area contributed by atoms with Gasteiger partial charge in [0.2, 0.25) is 0 Å². The molecular weight excluding hydrogens is 204 g/mol. The number of ketones is 1. The van der Waals surface area contributed by atoms with Crippen LogP contribution in [0.5, 0.6) is 0 Å². The number of carbonyl (C=O) groups is 1. The summed E-state index contributed by atoms with van der Waals surface area (Å²) < 4.78 is 0. The predicted octanol–water partition coefficient (Wildman–Crippen LogP) is 1.69. The van der Waals surface area contributed by atoms with Crippen molar-refractivity contribution in [3.05, 3.63) is 35.7 Å². The lowest BCUT2D eigenvalue weighted by molar-refractivity contribution is -0.116. The van der Waals surface area contributed by atoms with Crippen LogP contribution in [0.3, 0.4) is 0 Å². The molecule has 1 N–H and O–H groups in total. The average molecular weight is 218 g/mol.